The number of anilines is 1. The Bertz CT molecular complexity index is 751. The predicted molar refractivity (Wildman–Crippen MR) is 76.5 cm³/mol. The highest BCUT2D eigenvalue weighted by atomic mass is 32.1. The molecule has 1 amide bonds. The van der Waals surface area contributed by atoms with Crippen LogP contribution >= 0.6 is 11.7 Å². The van der Waals surface area contributed by atoms with Crippen LogP contribution in [0.1, 0.15) is 15.9 Å². The third kappa shape index (κ3) is 2.32. The van der Waals surface area contributed by atoms with Gasteiger partial charge in [0.1, 0.15) is 11.0 Å². The van der Waals surface area contributed by atoms with Gasteiger partial charge in [-0.3, -0.25) is 4.79 Å². The zero-order chi connectivity index (χ0) is 13.2. The molecule has 0 saturated carbocycles. The van der Waals surface area contributed by atoms with Gasteiger partial charge in [0.15, 0.2) is 0 Å². The minimum atomic E-state index is -0.135. The van der Waals surface area contributed by atoms with E-state index >= 15 is 0 Å². The lowest BCUT2D eigenvalue weighted by molar-refractivity contribution is 0.102. The van der Waals surface area contributed by atoms with E-state index in [9.17, 15) is 4.79 Å². The number of aryl methyl sites for hydroxylation is 1. The van der Waals surface area contributed by atoms with Crippen molar-refractivity contribution in [2.24, 2.45) is 0 Å². The molecule has 3 aromatic rings. The number of hydrogen-bond donors (Lipinski definition) is 1. The first-order valence-electron chi connectivity index (χ1n) is 5.83. The summed E-state index contributed by atoms with van der Waals surface area (Å²) < 4.78 is 8.35. The van der Waals surface area contributed by atoms with E-state index in [1.807, 2.05) is 43.3 Å². The second kappa shape index (κ2) is 4.78. The molecule has 0 bridgehead atoms. The van der Waals surface area contributed by atoms with Gasteiger partial charge in [-0.2, -0.15) is 8.75 Å². The molecule has 0 saturated heterocycles. The van der Waals surface area contributed by atoms with Gasteiger partial charge in [-0.25, -0.2) is 0 Å². The van der Waals surface area contributed by atoms with Crippen LogP contribution < -0.4 is 5.32 Å². The van der Waals surface area contributed by atoms with Crippen LogP contribution in [0.3, 0.4) is 0 Å². The van der Waals surface area contributed by atoms with Crippen LogP contribution in [0.25, 0.3) is 11.0 Å². The monoisotopic (exact) mass is 269 g/mol. The van der Waals surface area contributed by atoms with Crippen molar-refractivity contribution in [2.75, 3.05) is 5.32 Å². The van der Waals surface area contributed by atoms with Gasteiger partial charge in [-0.05, 0) is 31.2 Å². The molecule has 0 fully saturated rings. The van der Waals surface area contributed by atoms with E-state index in [2.05, 4.69) is 14.1 Å². The molecule has 0 radical (unpaired) electrons. The number of benzene rings is 2. The lowest BCUT2D eigenvalue weighted by atomic mass is 10.1. The van der Waals surface area contributed by atoms with Crippen LogP contribution in [0.5, 0.6) is 0 Å². The van der Waals surface area contributed by atoms with Gasteiger partial charge in [-0.1, -0.05) is 23.8 Å². The zero-order valence-corrected chi connectivity index (χ0v) is 11.1. The number of carbonyl (C=O) groups excluding carboxylic acids is 1. The fraction of sp³-hybridized carbons (Fsp3) is 0.0714. The quantitative estimate of drug-likeness (QED) is 0.777. The smallest absolute Gasteiger partial charge is 0.255 e. The topological polar surface area (TPSA) is 54.9 Å². The molecule has 2 aromatic carbocycles. The van der Waals surface area contributed by atoms with Crippen molar-refractivity contribution in [3.8, 4) is 0 Å². The largest absolute Gasteiger partial charge is 0.320 e. The van der Waals surface area contributed by atoms with E-state index in [4.69, 9.17) is 0 Å². The minimum Gasteiger partial charge on any atom is -0.320 e. The van der Waals surface area contributed by atoms with Gasteiger partial charge in [0.05, 0.1) is 17.4 Å². The Kier molecular flexibility index (Phi) is 2.97. The molecule has 0 aliphatic heterocycles. The van der Waals surface area contributed by atoms with Crippen molar-refractivity contribution in [3.05, 3.63) is 53.6 Å². The van der Waals surface area contributed by atoms with E-state index in [0.717, 1.165) is 28.3 Å². The van der Waals surface area contributed by atoms with Crippen LogP contribution in [0.15, 0.2) is 42.5 Å². The van der Waals surface area contributed by atoms with Gasteiger partial charge in [0.2, 0.25) is 0 Å². The van der Waals surface area contributed by atoms with E-state index in [1.165, 1.54) is 0 Å². The Morgan fingerprint density at radius 1 is 1.16 bits per heavy atom. The Hall–Kier alpha value is -2.27. The second-order valence-corrected chi connectivity index (χ2v) is 4.79. The number of nitrogens with zero attached hydrogens (tertiary/aromatic N) is 2. The third-order valence-corrected chi connectivity index (χ3v) is 3.36. The van der Waals surface area contributed by atoms with E-state index in [-0.39, 0.29) is 5.91 Å². The Morgan fingerprint density at radius 3 is 2.84 bits per heavy atom. The van der Waals surface area contributed by atoms with Gasteiger partial charge in [0.25, 0.3) is 5.91 Å². The molecule has 0 aliphatic rings. The number of carbonyl (C=O) groups is 1. The molecule has 0 atom stereocenters. The van der Waals surface area contributed by atoms with Crippen molar-refractivity contribution in [3.63, 3.8) is 0 Å². The van der Waals surface area contributed by atoms with Crippen molar-refractivity contribution in [1.82, 2.24) is 8.75 Å². The number of hydrogen-bond acceptors (Lipinski definition) is 4. The molecule has 3 rings (SSSR count). The normalized spacial score (nSPS) is 10.6. The molecule has 0 spiro atoms. The molecule has 19 heavy (non-hydrogen) atoms. The first kappa shape index (κ1) is 11.8. The predicted octanol–water partition coefficient (Wildman–Crippen LogP) is 3.25. The minimum absolute atomic E-state index is 0.135. The Morgan fingerprint density at radius 2 is 2.00 bits per heavy atom. The molecule has 94 valence electrons. The van der Waals surface area contributed by atoms with Crippen LogP contribution in [0, 0.1) is 6.92 Å². The number of nitrogens with one attached hydrogen (secondary N) is 1. The summed E-state index contributed by atoms with van der Waals surface area (Å²) in [7, 11) is 0. The summed E-state index contributed by atoms with van der Waals surface area (Å²) in [6, 6.07) is 13.0. The SMILES string of the molecule is Cc1cccc(C(=O)Nc2cccc3nsnc23)c1. The molecular weight excluding hydrogens is 258 g/mol. The van der Waals surface area contributed by atoms with Crippen LogP contribution in [-0.4, -0.2) is 14.7 Å². The molecule has 1 aromatic heterocycles. The Balaban J connectivity index is 1.93. The molecular formula is C14H11N3OS. The van der Waals surface area contributed by atoms with Crippen LogP contribution in [0.2, 0.25) is 0 Å². The summed E-state index contributed by atoms with van der Waals surface area (Å²) in [6.45, 7) is 1.96. The van der Waals surface area contributed by atoms with Crippen LogP contribution in [-0.2, 0) is 0 Å². The first-order valence-corrected chi connectivity index (χ1v) is 6.56. The van der Waals surface area contributed by atoms with Gasteiger partial charge >= 0.3 is 0 Å². The average molecular weight is 269 g/mol. The lowest BCUT2D eigenvalue weighted by Crippen LogP contribution is -2.12. The number of fused-ring (bicyclic) bond motifs is 1. The fourth-order valence-corrected chi connectivity index (χ4v) is 2.44. The first-order chi connectivity index (χ1) is 9.24. The highest BCUT2D eigenvalue weighted by Crippen LogP contribution is 2.21. The van der Waals surface area contributed by atoms with Crippen molar-refractivity contribution >= 4 is 34.4 Å². The number of aromatic nitrogens is 2. The highest BCUT2D eigenvalue weighted by Gasteiger charge is 2.10. The van der Waals surface area contributed by atoms with E-state index in [1.54, 1.807) is 6.07 Å². The summed E-state index contributed by atoms with van der Waals surface area (Å²) in [5.74, 6) is -0.135. The fourth-order valence-electron chi connectivity index (χ4n) is 1.89. The summed E-state index contributed by atoms with van der Waals surface area (Å²) in [5, 5.41) is 2.88. The number of rotatable bonds is 2. The van der Waals surface area contributed by atoms with Crippen molar-refractivity contribution in [1.29, 1.82) is 0 Å². The lowest BCUT2D eigenvalue weighted by Gasteiger charge is -2.06. The molecule has 4 nitrogen and oxygen atoms in total. The Labute approximate surface area is 114 Å². The molecule has 0 aliphatic carbocycles. The van der Waals surface area contributed by atoms with E-state index < -0.39 is 0 Å². The maximum atomic E-state index is 12.2. The number of amides is 1. The third-order valence-electron chi connectivity index (χ3n) is 2.81. The average Bonchev–Trinajstić information content (AvgIpc) is 2.88. The van der Waals surface area contributed by atoms with Crippen molar-refractivity contribution in [2.45, 2.75) is 6.92 Å². The standard InChI is InChI=1S/C14H11N3OS/c1-9-4-2-5-10(8-9)14(18)15-11-6-3-7-12-13(11)17-19-16-12/h2-8H,1H3,(H,15,18). The van der Waals surface area contributed by atoms with Gasteiger partial charge < -0.3 is 5.32 Å². The molecule has 5 heteroatoms. The zero-order valence-electron chi connectivity index (χ0n) is 10.3. The van der Waals surface area contributed by atoms with Gasteiger partial charge in [-0.15, -0.1) is 0 Å². The van der Waals surface area contributed by atoms with E-state index in [0.29, 0.717) is 11.3 Å². The maximum absolute atomic E-state index is 12.2. The second-order valence-electron chi connectivity index (χ2n) is 4.26. The maximum Gasteiger partial charge on any atom is 0.255 e. The summed E-state index contributed by atoms with van der Waals surface area (Å²) >= 11 is 1.14. The molecule has 1 N–H and O–H groups in total. The molecule has 1 heterocycles. The summed E-state index contributed by atoms with van der Waals surface area (Å²) in [6.07, 6.45) is 0. The highest BCUT2D eigenvalue weighted by molar-refractivity contribution is 7.00. The summed E-state index contributed by atoms with van der Waals surface area (Å²) in [4.78, 5) is 12.2. The van der Waals surface area contributed by atoms with Crippen molar-refractivity contribution < 1.29 is 4.79 Å². The summed E-state index contributed by atoms with van der Waals surface area (Å²) in [5.41, 5.74) is 3.92. The van der Waals surface area contributed by atoms with Crippen LogP contribution in [0.4, 0.5) is 5.69 Å². The van der Waals surface area contributed by atoms with Gasteiger partial charge in [0, 0.05) is 5.56 Å². The molecule has 0 unspecified atom stereocenters.